The van der Waals surface area contributed by atoms with Gasteiger partial charge in [-0.15, -0.1) is 0 Å². The van der Waals surface area contributed by atoms with Crippen molar-refractivity contribution in [1.29, 1.82) is 0 Å². The molecule has 1 fully saturated rings. The minimum absolute atomic E-state index is 0.0217. The predicted molar refractivity (Wildman–Crippen MR) is 131 cm³/mol. The molecule has 33 heavy (non-hydrogen) atoms. The van der Waals surface area contributed by atoms with Gasteiger partial charge in [0.1, 0.15) is 12.3 Å². The molecule has 0 spiro atoms. The van der Waals surface area contributed by atoms with Gasteiger partial charge in [0.25, 0.3) is 0 Å². The highest BCUT2D eigenvalue weighted by Crippen LogP contribution is 2.38. The van der Waals surface area contributed by atoms with Crippen molar-refractivity contribution in [3.05, 3.63) is 34.9 Å². The maximum absolute atomic E-state index is 15.1. The molecule has 1 aliphatic rings. The molecule has 0 radical (unpaired) electrons. The van der Waals surface area contributed by atoms with Gasteiger partial charge in [0, 0.05) is 6.42 Å². The molecule has 0 aromatic heterocycles. The Morgan fingerprint density at radius 1 is 0.848 bits per heavy atom. The first-order chi connectivity index (χ1) is 15.8. The van der Waals surface area contributed by atoms with Crippen LogP contribution in [0.3, 0.4) is 0 Å². The Morgan fingerprint density at radius 2 is 1.52 bits per heavy atom. The van der Waals surface area contributed by atoms with Crippen molar-refractivity contribution in [1.82, 2.24) is 0 Å². The van der Waals surface area contributed by atoms with Crippen molar-refractivity contribution in [2.24, 2.45) is 17.8 Å². The number of rotatable bonds is 14. The first kappa shape index (κ1) is 28.2. The van der Waals surface area contributed by atoms with Crippen molar-refractivity contribution in [3.8, 4) is 0 Å². The van der Waals surface area contributed by atoms with Gasteiger partial charge >= 0.3 is 0 Å². The van der Waals surface area contributed by atoms with E-state index in [0.717, 1.165) is 57.8 Å². The zero-order valence-electron chi connectivity index (χ0n) is 21.3. The average Bonchev–Trinajstić information content (AvgIpc) is 2.81. The topological polar surface area (TPSA) is 0 Å². The SMILES string of the molecule is CCCC(CC)CCCC(CCC)C(F)C(F)Cc1ccc(C2CCC(C)CC2)c(F)c1F. The highest BCUT2D eigenvalue weighted by molar-refractivity contribution is 5.30. The molecule has 0 N–H and O–H groups in total. The molecule has 0 bridgehead atoms. The van der Waals surface area contributed by atoms with Crippen LogP contribution in [-0.4, -0.2) is 12.3 Å². The van der Waals surface area contributed by atoms with Crippen LogP contribution in [0.2, 0.25) is 0 Å². The molecular weight excluding hydrogens is 424 g/mol. The van der Waals surface area contributed by atoms with Crippen molar-refractivity contribution in [3.63, 3.8) is 0 Å². The van der Waals surface area contributed by atoms with Gasteiger partial charge in [0.05, 0.1) is 0 Å². The number of alkyl halides is 2. The predicted octanol–water partition coefficient (Wildman–Crippen LogP) is 9.89. The molecule has 1 saturated carbocycles. The highest BCUT2D eigenvalue weighted by atomic mass is 19.2. The van der Waals surface area contributed by atoms with Crippen molar-refractivity contribution < 1.29 is 17.6 Å². The minimum Gasteiger partial charge on any atom is -0.244 e. The smallest absolute Gasteiger partial charge is 0.162 e. The Kier molecular flexibility index (Phi) is 12.3. The summed E-state index contributed by atoms with van der Waals surface area (Å²) in [6, 6.07) is 3.09. The van der Waals surface area contributed by atoms with Crippen LogP contribution in [0.1, 0.15) is 122 Å². The van der Waals surface area contributed by atoms with Gasteiger partial charge in [-0.1, -0.05) is 91.2 Å². The summed E-state index contributed by atoms with van der Waals surface area (Å²) in [5, 5.41) is 0. The normalized spacial score (nSPS) is 22.7. The molecule has 4 atom stereocenters. The van der Waals surface area contributed by atoms with Gasteiger partial charge in [-0.3, -0.25) is 0 Å². The largest absolute Gasteiger partial charge is 0.244 e. The number of benzene rings is 1. The summed E-state index contributed by atoms with van der Waals surface area (Å²) in [5.74, 6) is -0.911. The molecule has 2 rings (SSSR count). The van der Waals surface area contributed by atoms with Gasteiger partial charge in [0.15, 0.2) is 11.6 Å². The first-order valence-corrected chi connectivity index (χ1v) is 13.6. The summed E-state index contributed by atoms with van der Waals surface area (Å²) in [5.41, 5.74) is 0.358. The summed E-state index contributed by atoms with van der Waals surface area (Å²) >= 11 is 0. The van der Waals surface area contributed by atoms with Crippen LogP contribution in [0, 0.1) is 29.4 Å². The van der Waals surface area contributed by atoms with E-state index >= 15 is 4.39 Å². The number of halogens is 4. The molecule has 0 aliphatic heterocycles. The summed E-state index contributed by atoms with van der Waals surface area (Å²) < 4.78 is 59.7. The van der Waals surface area contributed by atoms with E-state index in [9.17, 15) is 13.2 Å². The third kappa shape index (κ3) is 8.28. The quantitative estimate of drug-likeness (QED) is 0.237. The van der Waals surface area contributed by atoms with E-state index in [4.69, 9.17) is 0 Å². The molecular formula is C29H46F4. The fourth-order valence-corrected chi connectivity index (χ4v) is 5.73. The van der Waals surface area contributed by atoms with Gasteiger partial charge < -0.3 is 0 Å². The molecule has 4 heteroatoms. The van der Waals surface area contributed by atoms with Crippen LogP contribution in [0.15, 0.2) is 12.1 Å². The molecule has 1 aromatic rings. The standard InChI is InChI=1S/C29H46F4/c1-5-9-21(7-3)11-8-12-23(10-6-2)27(31)26(30)19-24-17-18-25(29(33)28(24)32)22-15-13-20(4)14-16-22/h17-18,20-23,26-27H,5-16,19H2,1-4H3. The van der Waals surface area contributed by atoms with E-state index < -0.39 is 30.4 Å². The maximum Gasteiger partial charge on any atom is 0.162 e. The van der Waals surface area contributed by atoms with Crippen LogP contribution < -0.4 is 0 Å². The second-order valence-electron chi connectivity index (χ2n) is 10.6. The van der Waals surface area contributed by atoms with Crippen molar-refractivity contribution in [2.75, 3.05) is 0 Å². The zero-order valence-corrected chi connectivity index (χ0v) is 21.3. The number of hydrogen-bond acceptors (Lipinski definition) is 0. The zero-order chi connectivity index (χ0) is 24.4. The Bertz CT molecular complexity index is 680. The minimum atomic E-state index is -1.81. The van der Waals surface area contributed by atoms with Crippen LogP contribution in [0.5, 0.6) is 0 Å². The first-order valence-electron chi connectivity index (χ1n) is 13.6. The van der Waals surface area contributed by atoms with Crippen molar-refractivity contribution >= 4 is 0 Å². The maximum atomic E-state index is 15.1. The monoisotopic (exact) mass is 470 g/mol. The van der Waals surface area contributed by atoms with Gasteiger partial charge in [-0.2, -0.15) is 0 Å². The molecule has 190 valence electrons. The second kappa shape index (κ2) is 14.4. The van der Waals surface area contributed by atoms with E-state index in [1.54, 1.807) is 6.07 Å². The summed E-state index contributed by atoms with van der Waals surface area (Å²) in [6.45, 7) is 8.54. The lowest BCUT2D eigenvalue weighted by atomic mass is 9.79. The Balaban J connectivity index is 1.99. The van der Waals surface area contributed by atoms with Crippen LogP contribution in [0.4, 0.5) is 17.6 Å². The summed E-state index contributed by atoms with van der Waals surface area (Å²) in [4.78, 5) is 0. The lowest BCUT2D eigenvalue weighted by Gasteiger charge is -2.27. The molecule has 1 aliphatic carbocycles. The van der Waals surface area contributed by atoms with Crippen LogP contribution in [-0.2, 0) is 6.42 Å². The Morgan fingerprint density at radius 3 is 2.12 bits per heavy atom. The van der Waals surface area contributed by atoms with E-state index in [1.165, 1.54) is 12.5 Å². The average molecular weight is 471 g/mol. The highest BCUT2D eigenvalue weighted by Gasteiger charge is 2.31. The van der Waals surface area contributed by atoms with E-state index in [-0.39, 0.29) is 17.4 Å². The summed E-state index contributed by atoms with van der Waals surface area (Å²) in [6.07, 6.45) is 7.36. The third-order valence-electron chi connectivity index (χ3n) is 7.98. The van der Waals surface area contributed by atoms with Crippen molar-refractivity contribution in [2.45, 2.75) is 129 Å². The summed E-state index contributed by atoms with van der Waals surface area (Å²) in [7, 11) is 0. The third-order valence-corrected chi connectivity index (χ3v) is 7.98. The lowest BCUT2D eigenvalue weighted by molar-refractivity contribution is 0.0961. The van der Waals surface area contributed by atoms with Gasteiger partial charge in [-0.05, 0) is 60.5 Å². The Hall–Kier alpha value is -1.06. The van der Waals surface area contributed by atoms with Gasteiger partial charge in [-0.25, -0.2) is 17.6 Å². The molecule has 0 heterocycles. The molecule has 4 unspecified atom stereocenters. The molecule has 1 aromatic carbocycles. The molecule has 0 nitrogen and oxygen atoms in total. The van der Waals surface area contributed by atoms with E-state index in [0.29, 0.717) is 30.2 Å². The van der Waals surface area contributed by atoms with Crippen LogP contribution in [0.25, 0.3) is 0 Å². The number of hydrogen-bond donors (Lipinski definition) is 0. The van der Waals surface area contributed by atoms with E-state index in [1.807, 2.05) is 6.92 Å². The molecule has 0 saturated heterocycles. The Labute approximate surface area is 199 Å². The van der Waals surface area contributed by atoms with Gasteiger partial charge in [0.2, 0.25) is 0 Å². The second-order valence-corrected chi connectivity index (χ2v) is 10.6. The molecule has 0 amide bonds. The van der Waals surface area contributed by atoms with E-state index in [2.05, 4.69) is 20.8 Å². The van der Waals surface area contributed by atoms with Crippen LogP contribution >= 0.6 is 0 Å². The fourth-order valence-electron chi connectivity index (χ4n) is 5.73. The lowest BCUT2D eigenvalue weighted by Crippen LogP contribution is -2.29. The fraction of sp³-hybridized carbons (Fsp3) is 0.793.